The summed E-state index contributed by atoms with van der Waals surface area (Å²) in [6.07, 6.45) is 2.82. The molecule has 0 spiro atoms. The van der Waals surface area contributed by atoms with E-state index in [9.17, 15) is 9.59 Å². The van der Waals surface area contributed by atoms with Gasteiger partial charge in [0, 0.05) is 12.4 Å². The number of hydrogen-bond donors (Lipinski definition) is 1. The van der Waals surface area contributed by atoms with Crippen molar-refractivity contribution in [1.29, 1.82) is 0 Å². The highest BCUT2D eigenvalue weighted by molar-refractivity contribution is 5.80. The Labute approximate surface area is 176 Å². The number of aromatic nitrogens is 4. The maximum Gasteiger partial charge on any atom is 0.264 e. The number of furan rings is 1. The van der Waals surface area contributed by atoms with E-state index in [1.54, 1.807) is 7.05 Å². The third-order valence-corrected chi connectivity index (χ3v) is 5.20. The van der Waals surface area contributed by atoms with Crippen LogP contribution >= 0.6 is 0 Å². The zero-order chi connectivity index (χ0) is 21.4. The number of rotatable bonds is 5. The summed E-state index contributed by atoms with van der Waals surface area (Å²) in [6, 6.07) is 18.7. The molecule has 0 aliphatic carbocycles. The van der Waals surface area contributed by atoms with Gasteiger partial charge in [-0.2, -0.15) is 5.10 Å². The van der Waals surface area contributed by atoms with Crippen molar-refractivity contribution in [3.63, 3.8) is 0 Å². The SMILES string of the molecule is Cn1ncc2c(=O)n(CC(=O)NC(c3ccccc3)c3cc4ccccc4o3)cnc21. The van der Waals surface area contributed by atoms with Gasteiger partial charge in [0.25, 0.3) is 5.56 Å². The summed E-state index contributed by atoms with van der Waals surface area (Å²) in [4.78, 5) is 29.9. The molecule has 3 aromatic heterocycles. The summed E-state index contributed by atoms with van der Waals surface area (Å²) in [7, 11) is 1.71. The van der Waals surface area contributed by atoms with Crippen molar-refractivity contribution in [3.05, 3.63) is 94.9 Å². The molecule has 0 aliphatic heterocycles. The molecular formula is C23H19N5O3. The molecular weight excluding hydrogens is 394 g/mol. The number of carbonyl (C=O) groups is 1. The van der Waals surface area contributed by atoms with Crippen LogP contribution in [0, 0.1) is 0 Å². The Morgan fingerprint density at radius 1 is 1.13 bits per heavy atom. The molecule has 1 N–H and O–H groups in total. The van der Waals surface area contributed by atoms with E-state index in [1.165, 1.54) is 21.8 Å². The number of nitrogens with one attached hydrogen (secondary N) is 1. The molecule has 5 aromatic rings. The first-order valence-electron chi connectivity index (χ1n) is 9.80. The van der Waals surface area contributed by atoms with Crippen LogP contribution in [0.5, 0.6) is 0 Å². The summed E-state index contributed by atoms with van der Waals surface area (Å²) in [5.74, 6) is 0.287. The van der Waals surface area contributed by atoms with E-state index in [4.69, 9.17) is 4.42 Å². The van der Waals surface area contributed by atoms with Gasteiger partial charge >= 0.3 is 0 Å². The van der Waals surface area contributed by atoms with Crippen molar-refractivity contribution in [2.24, 2.45) is 7.05 Å². The molecule has 0 saturated carbocycles. The Kier molecular flexibility index (Phi) is 4.59. The quantitative estimate of drug-likeness (QED) is 0.478. The molecule has 5 rings (SSSR count). The average molecular weight is 413 g/mol. The monoisotopic (exact) mass is 413 g/mol. The van der Waals surface area contributed by atoms with Gasteiger partial charge in [0.05, 0.1) is 6.20 Å². The molecule has 0 radical (unpaired) electrons. The Morgan fingerprint density at radius 3 is 2.71 bits per heavy atom. The maximum absolute atomic E-state index is 12.9. The molecule has 1 unspecified atom stereocenters. The van der Waals surface area contributed by atoms with Crippen molar-refractivity contribution in [1.82, 2.24) is 24.6 Å². The molecule has 1 amide bonds. The smallest absolute Gasteiger partial charge is 0.264 e. The fourth-order valence-corrected chi connectivity index (χ4v) is 3.65. The Bertz CT molecular complexity index is 1420. The number of hydrogen-bond acceptors (Lipinski definition) is 5. The van der Waals surface area contributed by atoms with Crippen LogP contribution in [0.4, 0.5) is 0 Å². The molecule has 0 aliphatic rings. The molecule has 0 bridgehead atoms. The van der Waals surface area contributed by atoms with Crippen LogP contribution in [-0.2, 0) is 18.4 Å². The summed E-state index contributed by atoms with van der Waals surface area (Å²) in [6.45, 7) is -0.166. The van der Waals surface area contributed by atoms with E-state index in [-0.39, 0.29) is 18.0 Å². The lowest BCUT2D eigenvalue weighted by Crippen LogP contribution is -2.35. The molecule has 154 valence electrons. The zero-order valence-corrected chi connectivity index (χ0v) is 16.7. The Hall–Kier alpha value is -4.20. The predicted octanol–water partition coefficient (Wildman–Crippen LogP) is 2.78. The minimum atomic E-state index is -0.494. The van der Waals surface area contributed by atoms with Gasteiger partial charge < -0.3 is 9.73 Å². The largest absolute Gasteiger partial charge is 0.459 e. The molecule has 1 atom stereocenters. The molecule has 0 fully saturated rings. The summed E-state index contributed by atoms with van der Waals surface area (Å²) >= 11 is 0. The molecule has 8 nitrogen and oxygen atoms in total. The normalized spacial score (nSPS) is 12.3. The van der Waals surface area contributed by atoms with Crippen molar-refractivity contribution in [3.8, 4) is 0 Å². The predicted molar refractivity (Wildman–Crippen MR) is 115 cm³/mol. The van der Waals surface area contributed by atoms with Gasteiger partial charge in [-0.15, -0.1) is 0 Å². The highest BCUT2D eigenvalue weighted by Crippen LogP contribution is 2.28. The number of nitrogens with zero attached hydrogens (tertiary/aromatic N) is 4. The van der Waals surface area contributed by atoms with Gasteiger partial charge in [0.15, 0.2) is 5.65 Å². The highest BCUT2D eigenvalue weighted by atomic mass is 16.3. The zero-order valence-electron chi connectivity index (χ0n) is 16.7. The molecule has 3 heterocycles. The van der Waals surface area contributed by atoms with Gasteiger partial charge in [-0.05, 0) is 17.7 Å². The van der Waals surface area contributed by atoms with Crippen molar-refractivity contribution in [2.45, 2.75) is 12.6 Å². The van der Waals surface area contributed by atoms with Crippen LogP contribution < -0.4 is 10.9 Å². The first-order chi connectivity index (χ1) is 15.1. The van der Waals surface area contributed by atoms with Crippen molar-refractivity contribution in [2.75, 3.05) is 0 Å². The fourth-order valence-electron chi connectivity index (χ4n) is 3.65. The van der Waals surface area contributed by atoms with Gasteiger partial charge in [0.1, 0.15) is 35.6 Å². The lowest BCUT2D eigenvalue weighted by Gasteiger charge is -2.17. The van der Waals surface area contributed by atoms with Gasteiger partial charge in [-0.3, -0.25) is 18.8 Å². The van der Waals surface area contributed by atoms with E-state index in [0.29, 0.717) is 16.8 Å². The third kappa shape index (κ3) is 3.48. The van der Waals surface area contributed by atoms with Gasteiger partial charge in [-0.1, -0.05) is 48.5 Å². The van der Waals surface area contributed by atoms with E-state index < -0.39 is 6.04 Å². The van der Waals surface area contributed by atoms with E-state index in [2.05, 4.69) is 15.4 Å². The van der Waals surface area contributed by atoms with E-state index >= 15 is 0 Å². The summed E-state index contributed by atoms with van der Waals surface area (Å²) in [5, 5.41) is 8.38. The molecule has 0 saturated heterocycles. The second-order valence-electron chi connectivity index (χ2n) is 7.28. The Morgan fingerprint density at radius 2 is 1.90 bits per heavy atom. The van der Waals surface area contributed by atoms with Gasteiger partial charge in [0.2, 0.25) is 5.91 Å². The molecule has 2 aromatic carbocycles. The van der Waals surface area contributed by atoms with Crippen LogP contribution in [-0.4, -0.2) is 25.2 Å². The van der Waals surface area contributed by atoms with Crippen LogP contribution in [0.3, 0.4) is 0 Å². The summed E-state index contributed by atoms with van der Waals surface area (Å²) < 4.78 is 8.81. The lowest BCUT2D eigenvalue weighted by molar-refractivity contribution is -0.122. The third-order valence-electron chi connectivity index (χ3n) is 5.20. The molecule has 8 heteroatoms. The number of fused-ring (bicyclic) bond motifs is 2. The minimum absolute atomic E-state index is 0.166. The average Bonchev–Trinajstić information content (AvgIpc) is 3.38. The molecule has 31 heavy (non-hydrogen) atoms. The standard InChI is InChI=1S/C23H19N5O3/c1-27-22-17(12-25-27)23(30)28(14-24-22)13-20(29)26-21(15-7-3-2-4-8-15)19-11-16-9-5-6-10-18(16)31-19/h2-12,14,21H,13H2,1H3,(H,26,29). The van der Waals surface area contributed by atoms with E-state index in [1.807, 2.05) is 60.7 Å². The fraction of sp³-hybridized carbons (Fsp3) is 0.130. The Balaban J connectivity index is 1.46. The number of para-hydroxylation sites is 1. The number of benzene rings is 2. The summed E-state index contributed by atoms with van der Waals surface area (Å²) in [5.41, 5.74) is 1.79. The first-order valence-corrected chi connectivity index (χ1v) is 9.80. The number of amides is 1. The minimum Gasteiger partial charge on any atom is -0.459 e. The van der Waals surface area contributed by atoms with E-state index in [0.717, 1.165) is 16.5 Å². The maximum atomic E-state index is 12.9. The lowest BCUT2D eigenvalue weighted by atomic mass is 10.0. The van der Waals surface area contributed by atoms with Crippen LogP contribution in [0.2, 0.25) is 0 Å². The van der Waals surface area contributed by atoms with Crippen molar-refractivity contribution >= 4 is 27.9 Å². The van der Waals surface area contributed by atoms with Gasteiger partial charge in [-0.25, -0.2) is 4.98 Å². The van der Waals surface area contributed by atoms with Crippen LogP contribution in [0.15, 0.2) is 82.4 Å². The second kappa shape index (κ2) is 7.56. The van der Waals surface area contributed by atoms with Crippen LogP contribution in [0.1, 0.15) is 17.4 Å². The number of carbonyl (C=O) groups excluding carboxylic acids is 1. The van der Waals surface area contributed by atoms with Crippen molar-refractivity contribution < 1.29 is 9.21 Å². The van der Waals surface area contributed by atoms with Crippen LogP contribution in [0.25, 0.3) is 22.0 Å². The topological polar surface area (TPSA) is 95.0 Å². The first kappa shape index (κ1) is 18.8. The number of aryl methyl sites for hydroxylation is 1. The second-order valence-corrected chi connectivity index (χ2v) is 7.28. The highest BCUT2D eigenvalue weighted by Gasteiger charge is 2.21.